The number of aliphatic hydroxyl groups is 1. The van der Waals surface area contributed by atoms with Crippen molar-refractivity contribution < 1.29 is 18.3 Å². The molecule has 0 unspecified atom stereocenters. The van der Waals surface area contributed by atoms with Gasteiger partial charge in [-0.25, -0.2) is 8.42 Å². The summed E-state index contributed by atoms with van der Waals surface area (Å²) in [6.45, 7) is 5.84. The quantitative estimate of drug-likeness (QED) is 0.862. The summed E-state index contributed by atoms with van der Waals surface area (Å²) in [5.74, 6) is 0. The van der Waals surface area contributed by atoms with Crippen LogP contribution in [-0.4, -0.2) is 74.3 Å². The molecule has 2 saturated heterocycles. The maximum absolute atomic E-state index is 12.7. The molecule has 1 atom stereocenters. The molecule has 0 bridgehead atoms. The highest BCUT2D eigenvalue weighted by Gasteiger charge is 2.42. The first kappa shape index (κ1) is 16.9. The molecular weight excluding hydrogens is 316 g/mol. The van der Waals surface area contributed by atoms with Crippen molar-refractivity contribution in [3.8, 4) is 0 Å². The first-order chi connectivity index (χ1) is 10.9. The van der Waals surface area contributed by atoms with E-state index in [0.29, 0.717) is 37.6 Å². The molecule has 7 heteroatoms. The van der Waals surface area contributed by atoms with Gasteiger partial charge in [0.25, 0.3) is 0 Å². The third-order valence-electron chi connectivity index (χ3n) is 4.58. The summed E-state index contributed by atoms with van der Waals surface area (Å²) in [4.78, 5) is 2.43. The van der Waals surface area contributed by atoms with Crippen LogP contribution in [-0.2, 0) is 14.8 Å². The van der Waals surface area contributed by atoms with Gasteiger partial charge in [0.1, 0.15) is 0 Å². The molecule has 23 heavy (non-hydrogen) atoms. The van der Waals surface area contributed by atoms with Crippen LogP contribution in [0.1, 0.15) is 12.0 Å². The lowest BCUT2D eigenvalue weighted by atomic mass is 10.0. The summed E-state index contributed by atoms with van der Waals surface area (Å²) in [6, 6.07) is 6.85. The SMILES string of the molecule is Cc1ccc(S(=O)(=O)N2CC[C@@](O)(CN3CCOCC3)C2)cc1. The van der Waals surface area contributed by atoms with Crippen molar-refractivity contribution in [1.29, 1.82) is 0 Å². The molecule has 6 nitrogen and oxygen atoms in total. The van der Waals surface area contributed by atoms with Gasteiger partial charge in [-0.2, -0.15) is 4.31 Å². The Bertz CT molecular complexity index is 641. The zero-order valence-electron chi connectivity index (χ0n) is 13.4. The number of sulfonamides is 1. The first-order valence-corrected chi connectivity index (χ1v) is 9.42. The standard InChI is InChI=1S/C16H24N2O4S/c1-14-2-4-15(5-3-14)23(20,21)18-7-6-16(19,13-18)12-17-8-10-22-11-9-17/h2-5,19H,6-13H2,1H3/t16-/m1/s1. The average Bonchev–Trinajstić information content (AvgIpc) is 2.91. The molecule has 0 aromatic heterocycles. The molecule has 2 aliphatic rings. The van der Waals surface area contributed by atoms with Crippen molar-refractivity contribution in [2.75, 3.05) is 45.9 Å². The van der Waals surface area contributed by atoms with E-state index in [1.54, 1.807) is 24.3 Å². The Morgan fingerprint density at radius 2 is 1.83 bits per heavy atom. The van der Waals surface area contributed by atoms with Crippen LogP contribution in [0.5, 0.6) is 0 Å². The number of hydrogen-bond donors (Lipinski definition) is 1. The number of morpholine rings is 1. The topological polar surface area (TPSA) is 70.1 Å². The van der Waals surface area contributed by atoms with Gasteiger partial charge in [-0.1, -0.05) is 17.7 Å². The summed E-state index contributed by atoms with van der Waals surface area (Å²) in [5.41, 5.74) is 0.0453. The molecular formula is C16H24N2O4S. The van der Waals surface area contributed by atoms with Crippen molar-refractivity contribution >= 4 is 10.0 Å². The van der Waals surface area contributed by atoms with Crippen LogP contribution < -0.4 is 0 Å². The lowest BCUT2D eigenvalue weighted by molar-refractivity contribution is -0.0239. The van der Waals surface area contributed by atoms with E-state index in [2.05, 4.69) is 4.90 Å². The molecule has 1 N–H and O–H groups in total. The molecule has 0 saturated carbocycles. The molecule has 2 heterocycles. The Labute approximate surface area is 137 Å². The maximum Gasteiger partial charge on any atom is 0.243 e. The van der Waals surface area contributed by atoms with E-state index in [9.17, 15) is 13.5 Å². The van der Waals surface area contributed by atoms with Gasteiger partial charge in [-0.15, -0.1) is 0 Å². The first-order valence-electron chi connectivity index (χ1n) is 7.98. The van der Waals surface area contributed by atoms with Gasteiger partial charge in [0.2, 0.25) is 10.0 Å². The fourth-order valence-electron chi connectivity index (χ4n) is 3.19. The minimum atomic E-state index is -3.54. The van der Waals surface area contributed by atoms with E-state index >= 15 is 0 Å². The van der Waals surface area contributed by atoms with E-state index in [1.165, 1.54) is 4.31 Å². The summed E-state index contributed by atoms with van der Waals surface area (Å²) in [7, 11) is -3.54. The highest BCUT2D eigenvalue weighted by molar-refractivity contribution is 7.89. The monoisotopic (exact) mass is 340 g/mol. The molecule has 1 aromatic carbocycles. The molecule has 2 fully saturated rings. The Balaban J connectivity index is 1.69. The Morgan fingerprint density at radius 3 is 2.48 bits per heavy atom. The van der Waals surface area contributed by atoms with Gasteiger partial charge in [-0.3, -0.25) is 4.90 Å². The van der Waals surface area contributed by atoms with Gasteiger partial charge in [0.05, 0.1) is 23.7 Å². The second-order valence-corrected chi connectivity index (χ2v) is 8.45. The smallest absolute Gasteiger partial charge is 0.243 e. The number of ether oxygens (including phenoxy) is 1. The van der Waals surface area contributed by atoms with Crippen molar-refractivity contribution in [3.05, 3.63) is 29.8 Å². The summed E-state index contributed by atoms with van der Waals surface area (Å²) < 4.78 is 32.1. The van der Waals surface area contributed by atoms with Gasteiger partial charge < -0.3 is 9.84 Å². The lowest BCUT2D eigenvalue weighted by Crippen LogP contribution is -2.49. The molecule has 3 rings (SSSR count). The van der Waals surface area contributed by atoms with Crippen LogP contribution in [0, 0.1) is 6.92 Å². The van der Waals surface area contributed by atoms with E-state index in [4.69, 9.17) is 4.74 Å². The fourth-order valence-corrected chi connectivity index (χ4v) is 4.71. The van der Waals surface area contributed by atoms with E-state index < -0.39 is 15.6 Å². The second-order valence-electron chi connectivity index (χ2n) is 6.51. The molecule has 1 aromatic rings. The molecule has 0 amide bonds. The predicted octanol–water partition coefficient (Wildman–Crippen LogP) is 0.453. The normalized spacial score (nSPS) is 27.4. The highest BCUT2D eigenvalue weighted by Crippen LogP contribution is 2.28. The maximum atomic E-state index is 12.7. The Kier molecular flexibility index (Phi) is 4.75. The Hall–Kier alpha value is -0.990. The van der Waals surface area contributed by atoms with Crippen LogP contribution >= 0.6 is 0 Å². The number of aryl methyl sites for hydroxylation is 1. The minimum absolute atomic E-state index is 0.153. The van der Waals surface area contributed by atoms with Crippen molar-refractivity contribution in [2.45, 2.75) is 23.8 Å². The van der Waals surface area contributed by atoms with Crippen LogP contribution in [0.2, 0.25) is 0 Å². The molecule has 0 radical (unpaired) electrons. The van der Waals surface area contributed by atoms with E-state index in [-0.39, 0.29) is 6.54 Å². The van der Waals surface area contributed by atoms with Gasteiger partial charge in [0, 0.05) is 32.7 Å². The van der Waals surface area contributed by atoms with Crippen LogP contribution in [0.3, 0.4) is 0 Å². The summed E-state index contributed by atoms with van der Waals surface area (Å²) in [5, 5.41) is 10.8. The van der Waals surface area contributed by atoms with Crippen molar-refractivity contribution in [2.24, 2.45) is 0 Å². The van der Waals surface area contributed by atoms with Gasteiger partial charge in [-0.05, 0) is 25.5 Å². The third-order valence-corrected chi connectivity index (χ3v) is 6.44. The minimum Gasteiger partial charge on any atom is -0.387 e. The number of β-amino-alcohol motifs (C(OH)–C–C–N with tert-alkyl or cyclic N) is 1. The second kappa shape index (κ2) is 6.49. The summed E-state index contributed by atoms with van der Waals surface area (Å²) >= 11 is 0. The number of benzene rings is 1. The highest BCUT2D eigenvalue weighted by atomic mass is 32.2. The van der Waals surface area contributed by atoms with E-state index in [0.717, 1.165) is 18.7 Å². The van der Waals surface area contributed by atoms with Crippen molar-refractivity contribution in [1.82, 2.24) is 9.21 Å². The Morgan fingerprint density at radius 1 is 1.17 bits per heavy atom. The van der Waals surface area contributed by atoms with Gasteiger partial charge >= 0.3 is 0 Å². The average molecular weight is 340 g/mol. The predicted molar refractivity (Wildman–Crippen MR) is 86.8 cm³/mol. The number of hydrogen-bond acceptors (Lipinski definition) is 5. The zero-order valence-corrected chi connectivity index (χ0v) is 14.3. The zero-order chi connectivity index (χ0) is 16.5. The number of nitrogens with zero attached hydrogens (tertiary/aromatic N) is 2. The number of rotatable bonds is 4. The molecule has 0 spiro atoms. The summed E-state index contributed by atoms with van der Waals surface area (Å²) in [6.07, 6.45) is 0.468. The van der Waals surface area contributed by atoms with Crippen molar-refractivity contribution in [3.63, 3.8) is 0 Å². The van der Waals surface area contributed by atoms with Gasteiger partial charge in [0.15, 0.2) is 0 Å². The lowest BCUT2D eigenvalue weighted by Gasteiger charge is -2.33. The van der Waals surface area contributed by atoms with E-state index in [1.807, 2.05) is 6.92 Å². The largest absolute Gasteiger partial charge is 0.387 e. The third kappa shape index (κ3) is 3.75. The fraction of sp³-hybridized carbons (Fsp3) is 0.625. The molecule has 128 valence electrons. The van der Waals surface area contributed by atoms with Crippen LogP contribution in [0.15, 0.2) is 29.2 Å². The molecule has 0 aliphatic carbocycles. The van der Waals surface area contributed by atoms with Crippen LogP contribution in [0.4, 0.5) is 0 Å². The molecule has 2 aliphatic heterocycles. The van der Waals surface area contributed by atoms with Crippen LogP contribution in [0.25, 0.3) is 0 Å².